The molecule has 14 heavy (non-hydrogen) atoms. The largest absolute Gasteiger partial charge is 0.264 e. The minimum absolute atomic E-state index is 0.577. The molecular weight excluding hydrogens is 194 g/mol. The SMILES string of the molecule is CCCSCc1[nH]cc[n+]1CCC#N. The molecule has 0 saturated heterocycles. The third kappa shape index (κ3) is 3.43. The molecule has 0 aliphatic carbocycles. The summed E-state index contributed by atoms with van der Waals surface area (Å²) < 4.78 is 2.12. The van der Waals surface area contributed by atoms with Crippen LogP contribution in [0.15, 0.2) is 12.4 Å². The fourth-order valence-corrected chi connectivity index (χ4v) is 2.09. The molecule has 0 bridgehead atoms. The van der Waals surface area contributed by atoms with Crippen molar-refractivity contribution in [3.05, 3.63) is 18.2 Å². The molecule has 1 aromatic heterocycles. The second kappa shape index (κ2) is 6.50. The van der Waals surface area contributed by atoms with E-state index in [0.29, 0.717) is 6.42 Å². The molecule has 0 aromatic carbocycles. The molecule has 0 aliphatic heterocycles. The smallest absolute Gasteiger partial charge is 0.247 e. The van der Waals surface area contributed by atoms with Gasteiger partial charge in [-0.05, 0) is 12.2 Å². The highest BCUT2D eigenvalue weighted by molar-refractivity contribution is 7.98. The van der Waals surface area contributed by atoms with Crippen molar-refractivity contribution >= 4 is 11.8 Å². The second-order valence-corrected chi connectivity index (χ2v) is 4.17. The van der Waals surface area contributed by atoms with Gasteiger partial charge in [0, 0.05) is 0 Å². The minimum atomic E-state index is 0.577. The number of nitrogens with zero attached hydrogens (tertiary/aromatic N) is 2. The molecule has 0 unspecified atom stereocenters. The summed E-state index contributed by atoms with van der Waals surface area (Å²) in [6, 6.07) is 2.16. The van der Waals surface area contributed by atoms with Crippen molar-refractivity contribution in [3.8, 4) is 6.07 Å². The van der Waals surface area contributed by atoms with Crippen molar-refractivity contribution in [1.82, 2.24) is 4.98 Å². The first-order valence-corrected chi connectivity index (χ1v) is 6.04. The number of aromatic amines is 1. The number of aryl methyl sites for hydroxylation is 1. The molecule has 0 aliphatic rings. The van der Waals surface area contributed by atoms with E-state index in [0.717, 1.165) is 12.3 Å². The Balaban J connectivity index is 2.42. The maximum atomic E-state index is 8.49. The van der Waals surface area contributed by atoms with Crippen LogP contribution in [-0.2, 0) is 12.3 Å². The van der Waals surface area contributed by atoms with Gasteiger partial charge < -0.3 is 0 Å². The van der Waals surface area contributed by atoms with Crippen LogP contribution < -0.4 is 4.57 Å². The van der Waals surface area contributed by atoms with Crippen LogP contribution in [0.4, 0.5) is 0 Å². The Morgan fingerprint density at radius 2 is 2.50 bits per heavy atom. The van der Waals surface area contributed by atoms with Crippen LogP contribution >= 0.6 is 11.8 Å². The van der Waals surface area contributed by atoms with Crippen molar-refractivity contribution in [2.75, 3.05) is 5.75 Å². The van der Waals surface area contributed by atoms with Gasteiger partial charge in [-0.3, -0.25) is 0 Å². The number of H-pyrrole nitrogens is 1. The highest BCUT2D eigenvalue weighted by Gasteiger charge is 2.08. The van der Waals surface area contributed by atoms with Crippen molar-refractivity contribution < 1.29 is 4.57 Å². The molecule has 4 heteroatoms. The van der Waals surface area contributed by atoms with Crippen LogP contribution in [0, 0.1) is 11.3 Å². The maximum Gasteiger partial charge on any atom is 0.264 e. The Morgan fingerprint density at radius 1 is 1.64 bits per heavy atom. The number of aromatic nitrogens is 2. The topological polar surface area (TPSA) is 43.5 Å². The summed E-state index contributed by atoms with van der Waals surface area (Å²) in [7, 11) is 0. The lowest BCUT2D eigenvalue weighted by atomic mass is 10.4. The van der Waals surface area contributed by atoms with Crippen LogP contribution in [0.5, 0.6) is 0 Å². The average Bonchev–Trinajstić information content (AvgIpc) is 2.63. The van der Waals surface area contributed by atoms with Gasteiger partial charge >= 0.3 is 0 Å². The van der Waals surface area contributed by atoms with Gasteiger partial charge in [-0.2, -0.15) is 5.26 Å². The zero-order chi connectivity index (χ0) is 10.2. The van der Waals surface area contributed by atoms with Gasteiger partial charge in [0.1, 0.15) is 18.9 Å². The number of nitriles is 1. The quantitative estimate of drug-likeness (QED) is 0.575. The number of thioether (sulfide) groups is 1. The standard InChI is InChI=1S/C10H15N3S/c1-2-8-14-9-10-12-5-7-13(10)6-3-4-11/h5,7H,2-3,6,8-9H2,1H3/p+1. The van der Waals surface area contributed by atoms with Gasteiger partial charge in [0.2, 0.25) is 0 Å². The maximum absolute atomic E-state index is 8.49. The Hall–Kier alpha value is -0.950. The van der Waals surface area contributed by atoms with Crippen LogP contribution in [-0.4, -0.2) is 10.7 Å². The van der Waals surface area contributed by atoms with Crippen LogP contribution in [0.25, 0.3) is 0 Å². The van der Waals surface area contributed by atoms with Gasteiger partial charge in [0.25, 0.3) is 5.82 Å². The average molecular weight is 210 g/mol. The lowest BCUT2D eigenvalue weighted by Crippen LogP contribution is -2.35. The van der Waals surface area contributed by atoms with Crippen molar-refractivity contribution in [2.45, 2.75) is 32.1 Å². The predicted molar refractivity (Wildman–Crippen MR) is 57.7 cm³/mol. The highest BCUT2D eigenvalue weighted by Crippen LogP contribution is 2.07. The fraction of sp³-hybridized carbons (Fsp3) is 0.600. The van der Waals surface area contributed by atoms with E-state index >= 15 is 0 Å². The normalized spacial score (nSPS) is 10.0. The molecule has 0 spiro atoms. The molecule has 0 saturated carbocycles. The second-order valence-electron chi connectivity index (χ2n) is 3.06. The first-order valence-electron chi connectivity index (χ1n) is 4.89. The number of rotatable bonds is 6. The van der Waals surface area contributed by atoms with Crippen LogP contribution in [0.1, 0.15) is 25.6 Å². The van der Waals surface area contributed by atoms with Crippen molar-refractivity contribution in [3.63, 3.8) is 0 Å². The summed E-state index contributed by atoms with van der Waals surface area (Å²) >= 11 is 1.92. The summed E-state index contributed by atoms with van der Waals surface area (Å²) in [4.78, 5) is 3.21. The van der Waals surface area contributed by atoms with Crippen molar-refractivity contribution in [1.29, 1.82) is 5.26 Å². The summed E-state index contributed by atoms with van der Waals surface area (Å²) in [5, 5.41) is 8.49. The molecule has 0 atom stereocenters. The molecule has 1 heterocycles. The van der Waals surface area contributed by atoms with Crippen molar-refractivity contribution in [2.24, 2.45) is 0 Å². The van der Waals surface area contributed by atoms with Crippen LogP contribution in [0.3, 0.4) is 0 Å². The number of imidazole rings is 1. The van der Waals surface area contributed by atoms with Gasteiger partial charge in [-0.25, -0.2) is 9.55 Å². The minimum Gasteiger partial charge on any atom is -0.247 e. The van der Waals surface area contributed by atoms with Gasteiger partial charge in [-0.1, -0.05) is 6.92 Å². The molecule has 1 rings (SSSR count). The monoisotopic (exact) mass is 210 g/mol. The fourth-order valence-electron chi connectivity index (χ4n) is 1.21. The van der Waals surface area contributed by atoms with Gasteiger partial charge in [0.15, 0.2) is 0 Å². The van der Waals surface area contributed by atoms with E-state index in [1.54, 1.807) is 0 Å². The van der Waals surface area contributed by atoms with E-state index in [2.05, 4.69) is 22.5 Å². The number of hydrogen-bond acceptors (Lipinski definition) is 2. The molecule has 1 aromatic rings. The lowest BCUT2D eigenvalue weighted by molar-refractivity contribution is -0.700. The third-order valence-electron chi connectivity index (χ3n) is 1.90. The molecule has 0 amide bonds. The first kappa shape index (κ1) is 11.1. The first-order chi connectivity index (χ1) is 6.88. The summed E-state index contributed by atoms with van der Waals surface area (Å²) in [5.74, 6) is 3.41. The lowest BCUT2D eigenvalue weighted by Gasteiger charge is -1.97. The molecular formula is C10H16N3S+. The van der Waals surface area contributed by atoms with E-state index in [4.69, 9.17) is 5.26 Å². The molecule has 76 valence electrons. The Morgan fingerprint density at radius 3 is 3.21 bits per heavy atom. The molecule has 0 fully saturated rings. The van der Waals surface area contributed by atoms with Gasteiger partial charge in [0.05, 0.1) is 18.2 Å². The summed E-state index contributed by atoms with van der Waals surface area (Å²) in [6.45, 7) is 2.98. The van der Waals surface area contributed by atoms with Gasteiger partial charge in [-0.15, -0.1) is 11.8 Å². The number of nitrogens with one attached hydrogen (secondary N) is 1. The van der Waals surface area contributed by atoms with E-state index < -0.39 is 0 Å². The Kier molecular flexibility index (Phi) is 5.16. The van der Waals surface area contributed by atoms with E-state index in [1.165, 1.54) is 18.0 Å². The zero-order valence-corrected chi connectivity index (χ0v) is 9.31. The zero-order valence-electron chi connectivity index (χ0n) is 8.49. The Bertz CT molecular complexity index is 301. The van der Waals surface area contributed by atoms with E-state index in [9.17, 15) is 0 Å². The van der Waals surface area contributed by atoms with Crippen LogP contribution in [0.2, 0.25) is 0 Å². The molecule has 1 N–H and O–H groups in total. The number of hydrogen-bond donors (Lipinski definition) is 1. The van der Waals surface area contributed by atoms with E-state index in [1.807, 2.05) is 24.2 Å². The molecule has 0 radical (unpaired) electrons. The van der Waals surface area contributed by atoms with E-state index in [-0.39, 0.29) is 0 Å². The summed E-state index contributed by atoms with van der Waals surface area (Å²) in [5.41, 5.74) is 0. The molecule has 3 nitrogen and oxygen atoms in total. The highest BCUT2D eigenvalue weighted by atomic mass is 32.2. The Labute approximate surface area is 89.1 Å². The predicted octanol–water partition coefficient (Wildman–Crippen LogP) is 1.86. The third-order valence-corrected chi connectivity index (χ3v) is 3.08. The summed E-state index contributed by atoms with van der Waals surface area (Å²) in [6.07, 6.45) is 5.72.